The van der Waals surface area contributed by atoms with Crippen molar-refractivity contribution in [3.8, 4) is 0 Å². The quantitative estimate of drug-likeness (QED) is 0.364. The molecule has 0 spiro atoms. The number of hydrogen-bond donors (Lipinski definition) is 0. The standard InChI is InChI=1S/C16H9ClF4O2/c17-7-16(11-6-9(19)2-4-13(11)21)15(23-16)14(22)10-5-8(18)1-3-12(10)20/h1-6,15H,7H2. The minimum Gasteiger partial charge on any atom is -0.351 e. The van der Waals surface area contributed by atoms with Gasteiger partial charge >= 0.3 is 0 Å². The SMILES string of the molecule is O=C(c1cc(F)ccc1F)C1OC1(CCl)c1cc(F)ccc1F. The maximum Gasteiger partial charge on any atom is 0.198 e. The molecule has 1 heterocycles. The van der Waals surface area contributed by atoms with E-state index in [1.165, 1.54) is 0 Å². The summed E-state index contributed by atoms with van der Waals surface area (Å²) in [7, 11) is 0. The molecule has 2 atom stereocenters. The lowest BCUT2D eigenvalue weighted by molar-refractivity contribution is 0.0949. The van der Waals surface area contributed by atoms with Gasteiger partial charge in [-0.3, -0.25) is 4.79 Å². The van der Waals surface area contributed by atoms with Crippen molar-refractivity contribution in [3.05, 3.63) is 70.8 Å². The summed E-state index contributed by atoms with van der Waals surface area (Å²) in [5.41, 5.74) is -2.36. The molecule has 7 heteroatoms. The van der Waals surface area contributed by atoms with Crippen molar-refractivity contribution in [2.24, 2.45) is 0 Å². The molecule has 1 aliphatic rings. The number of carbonyl (C=O) groups is 1. The average Bonchev–Trinajstić information content (AvgIpc) is 3.27. The molecule has 1 fully saturated rings. The van der Waals surface area contributed by atoms with Gasteiger partial charge in [0, 0.05) is 5.56 Å². The van der Waals surface area contributed by atoms with Crippen LogP contribution >= 0.6 is 11.6 Å². The van der Waals surface area contributed by atoms with Crippen LogP contribution in [0, 0.1) is 23.3 Å². The van der Waals surface area contributed by atoms with Crippen LogP contribution in [0.5, 0.6) is 0 Å². The number of epoxide rings is 1. The number of Topliss-reactive ketones (excluding diaryl/α,β-unsaturated/α-hetero) is 1. The molecule has 2 aromatic carbocycles. The minimum absolute atomic E-state index is 0.234. The van der Waals surface area contributed by atoms with Crippen LogP contribution in [-0.4, -0.2) is 17.8 Å². The summed E-state index contributed by atoms with van der Waals surface area (Å²) < 4.78 is 59.4. The molecule has 1 aliphatic heterocycles. The van der Waals surface area contributed by atoms with Crippen LogP contribution in [0.4, 0.5) is 17.6 Å². The Morgan fingerprint density at radius 1 is 1.04 bits per heavy atom. The van der Waals surface area contributed by atoms with Crippen molar-refractivity contribution < 1.29 is 27.1 Å². The summed E-state index contributed by atoms with van der Waals surface area (Å²) >= 11 is 5.78. The molecule has 0 aliphatic carbocycles. The van der Waals surface area contributed by atoms with E-state index in [1.807, 2.05) is 0 Å². The lowest BCUT2D eigenvalue weighted by Gasteiger charge is -2.11. The summed E-state index contributed by atoms with van der Waals surface area (Å²) in [6, 6.07) is 5.04. The smallest absolute Gasteiger partial charge is 0.198 e. The van der Waals surface area contributed by atoms with Gasteiger partial charge in [-0.05, 0) is 36.4 Å². The molecule has 0 N–H and O–H groups in total. The number of halogens is 5. The van der Waals surface area contributed by atoms with Gasteiger partial charge in [-0.25, -0.2) is 17.6 Å². The molecule has 0 aromatic heterocycles. The molecule has 0 saturated carbocycles. The Kier molecular flexibility index (Phi) is 3.90. The number of carbonyl (C=O) groups excluding carboxylic acids is 1. The molecule has 0 radical (unpaired) electrons. The Hall–Kier alpha value is -1.92. The number of benzene rings is 2. The zero-order valence-corrected chi connectivity index (χ0v) is 12.2. The first-order valence-corrected chi connectivity index (χ1v) is 7.11. The van der Waals surface area contributed by atoms with Crippen molar-refractivity contribution >= 4 is 17.4 Å². The van der Waals surface area contributed by atoms with Gasteiger partial charge in [0.1, 0.15) is 28.9 Å². The molecule has 2 nitrogen and oxygen atoms in total. The van der Waals surface area contributed by atoms with Crippen LogP contribution in [0.25, 0.3) is 0 Å². The highest BCUT2D eigenvalue weighted by molar-refractivity contribution is 6.19. The van der Waals surface area contributed by atoms with E-state index < -0.39 is 46.3 Å². The fourth-order valence-electron chi connectivity index (χ4n) is 2.47. The predicted octanol–water partition coefficient (Wildman–Crippen LogP) is 3.96. The lowest BCUT2D eigenvalue weighted by Crippen LogP contribution is -2.23. The number of ether oxygens (including phenoxy) is 1. The van der Waals surface area contributed by atoms with Gasteiger partial charge in [0.05, 0.1) is 11.4 Å². The number of rotatable bonds is 4. The van der Waals surface area contributed by atoms with Gasteiger partial charge in [-0.1, -0.05) is 0 Å². The topological polar surface area (TPSA) is 29.6 Å². The molecule has 0 bridgehead atoms. The van der Waals surface area contributed by atoms with Crippen molar-refractivity contribution in [1.29, 1.82) is 0 Å². The van der Waals surface area contributed by atoms with E-state index in [9.17, 15) is 22.4 Å². The molecule has 1 saturated heterocycles. The van der Waals surface area contributed by atoms with Gasteiger partial charge in [0.25, 0.3) is 0 Å². The highest BCUT2D eigenvalue weighted by atomic mass is 35.5. The van der Waals surface area contributed by atoms with E-state index in [2.05, 4.69) is 0 Å². The third kappa shape index (κ3) is 2.62. The summed E-state index contributed by atoms with van der Waals surface area (Å²) in [5, 5.41) is 0. The second-order valence-corrected chi connectivity index (χ2v) is 5.40. The highest BCUT2D eigenvalue weighted by Crippen LogP contribution is 2.49. The third-order valence-corrected chi connectivity index (χ3v) is 4.11. The number of ketones is 1. The van der Waals surface area contributed by atoms with Gasteiger partial charge in [-0.15, -0.1) is 11.6 Å². The van der Waals surface area contributed by atoms with Crippen LogP contribution in [0.15, 0.2) is 36.4 Å². The maximum atomic E-state index is 13.9. The first kappa shape index (κ1) is 16.0. The predicted molar refractivity (Wildman–Crippen MR) is 74.3 cm³/mol. The van der Waals surface area contributed by atoms with Crippen molar-refractivity contribution in [1.82, 2.24) is 0 Å². The van der Waals surface area contributed by atoms with Crippen molar-refractivity contribution in [2.45, 2.75) is 11.7 Å². The minimum atomic E-state index is -1.59. The summed E-state index contributed by atoms with van der Waals surface area (Å²) in [6.45, 7) is 0. The molecular formula is C16H9ClF4O2. The van der Waals surface area contributed by atoms with Crippen LogP contribution in [-0.2, 0) is 10.3 Å². The van der Waals surface area contributed by atoms with Crippen molar-refractivity contribution in [2.75, 3.05) is 5.88 Å². The zero-order valence-electron chi connectivity index (χ0n) is 11.5. The fraction of sp³-hybridized carbons (Fsp3) is 0.188. The van der Waals surface area contributed by atoms with E-state index in [4.69, 9.17) is 16.3 Å². The highest BCUT2D eigenvalue weighted by Gasteiger charge is 2.62. The second kappa shape index (κ2) is 5.62. The molecule has 120 valence electrons. The molecular weight excluding hydrogens is 336 g/mol. The van der Waals surface area contributed by atoms with Crippen molar-refractivity contribution in [3.63, 3.8) is 0 Å². The lowest BCUT2D eigenvalue weighted by atomic mass is 9.92. The Morgan fingerprint density at radius 2 is 1.65 bits per heavy atom. The Balaban J connectivity index is 1.98. The van der Waals surface area contributed by atoms with Crippen LogP contribution in [0.1, 0.15) is 15.9 Å². The monoisotopic (exact) mass is 344 g/mol. The van der Waals surface area contributed by atoms with Crippen LogP contribution < -0.4 is 0 Å². The molecule has 3 rings (SSSR count). The number of hydrogen-bond acceptors (Lipinski definition) is 2. The molecule has 2 unspecified atom stereocenters. The van der Waals surface area contributed by atoms with Crippen LogP contribution in [0.2, 0.25) is 0 Å². The number of alkyl halides is 1. The van der Waals surface area contributed by atoms with E-state index in [0.717, 1.165) is 36.4 Å². The largest absolute Gasteiger partial charge is 0.351 e. The first-order valence-electron chi connectivity index (χ1n) is 6.57. The van der Waals surface area contributed by atoms with E-state index >= 15 is 0 Å². The van der Waals surface area contributed by atoms with Gasteiger partial charge in [0.15, 0.2) is 11.9 Å². The second-order valence-electron chi connectivity index (χ2n) is 5.13. The normalized spacial score (nSPS) is 22.9. The zero-order chi connectivity index (χ0) is 16.8. The Bertz CT molecular complexity index is 796. The average molecular weight is 345 g/mol. The summed E-state index contributed by atoms with van der Waals surface area (Å²) in [6.07, 6.45) is -1.31. The Labute approximate surface area is 133 Å². The maximum absolute atomic E-state index is 13.9. The summed E-state index contributed by atoms with van der Waals surface area (Å²) in [5.74, 6) is -4.50. The molecule has 0 amide bonds. The molecule has 2 aromatic rings. The van der Waals surface area contributed by atoms with E-state index in [-0.39, 0.29) is 11.4 Å². The summed E-state index contributed by atoms with van der Waals surface area (Å²) in [4.78, 5) is 12.3. The van der Waals surface area contributed by atoms with E-state index in [0.29, 0.717) is 0 Å². The first-order chi connectivity index (χ1) is 10.9. The molecule has 23 heavy (non-hydrogen) atoms. The van der Waals surface area contributed by atoms with Gasteiger partial charge in [0.2, 0.25) is 0 Å². The fourth-order valence-corrected chi connectivity index (χ4v) is 2.82. The van der Waals surface area contributed by atoms with Crippen LogP contribution in [0.3, 0.4) is 0 Å². The Morgan fingerprint density at radius 3 is 2.30 bits per heavy atom. The third-order valence-electron chi connectivity index (χ3n) is 3.71. The van der Waals surface area contributed by atoms with Gasteiger partial charge < -0.3 is 4.74 Å². The van der Waals surface area contributed by atoms with E-state index in [1.54, 1.807) is 0 Å². The van der Waals surface area contributed by atoms with Gasteiger partial charge in [-0.2, -0.15) is 0 Å².